The SMILES string of the molecule is O=C(CCN1CCCC1)N1CC=C(c2cc3c(Nc4ccc5ncsc5c4)ccnc3[nH]2)CC1. The minimum Gasteiger partial charge on any atom is -0.355 e. The number of carbonyl (C=O) groups excluding carboxylic acids is 1. The van der Waals surface area contributed by atoms with Crippen molar-refractivity contribution in [3.05, 3.63) is 53.8 Å². The first kappa shape index (κ1) is 21.3. The summed E-state index contributed by atoms with van der Waals surface area (Å²) >= 11 is 1.64. The predicted octanol–water partition coefficient (Wildman–Crippen LogP) is 5.02. The number of fused-ring (bicyclic) bond motifs is 2. The first-order valence-corrected chi connectivity index (χ1v) is 12.9. The third-order valence-electron chi connectivity index (χ3n) is 6.89. The molecule has 2 aliphatic rings. The van der Waals surface area contributed by atoms with Gasteiger partial charge in [0.1, 0.15) is 5.65 Å². The molecular weight excluding hydrogens is 444 g/mol. The maximum absolute atomic E-state index is 12.7. The first-order valence-electron chi connectivity index (χ1n) is 12.0. The van der Waals surface area contributed by atoms with Crippen molar-refractivity contribution in [2.45, 2.75) is 25.7 Å². The molecule has 0 saturated carbocycles. The second kappa shape index (κ2) is 9.19. The Morgan fingerprint density at radius 1 is 1.12 bits per heavy atom. The quantitative estimate of drug-likeness (QED) is 0.412. The number of nitrogens with zero attached hydrogens (tertiary/aromatic N) is 4. The Bertz CT molecular complexity index is 1370. The molecule has 0 radical (unpaired) electrons. The highest BCUT2D eigenvalue weighted by molar-refractivity contribution is 7.16. The summed E-state index contributed by atoms with van der Waals surface area (Å²) in [6, 6.07) is 10.4. The highest BCUT2D eigenvalue weighted by Crippen LogP contribution is 2.31. The highest BCUT2D eigenvalue weighted by atomic mass is 32.1. The van der Waals surface area contributed by atoms with E-state index >= 15 is 0 Å². The molecule has 8 heteroatoms. The van der Waals surface area contributed by atoms with Gasteiger partial charge in [-0.3, -0.25) is 4.79 Å². The number of amides is 1. The molecule has 1 fully saturated rings. The highest BCUT2D eigenvalue weighted by Gasteiger charge is 2.21. The Morgan fingerprint density at radius 3 is 2.88 bits per heavy atom. The van der Waals surface area contributed by atoms with Gasteiger partial charge in [0.25, 0.3) is 0 Å². The van der Waals surface area contributed by atoms with Crippen LogP contribution in [-0.2, 0) is 4.79 Å². The van der Waals surface area contributed by atoms with Crippen molar-refractivity contribution in [1.29, 1.82) is 0 Å². The predicted molar refractivity (Wildman–Crippen MR) is 138 cm³/mol. The minimum absolute atomic E-state index is 0.268. The maximum atomic E-state index is 12.7. The van der Waals surface area contributed by atoms with Crippen LogP contribution in [0, 0.1) is 0 Å². The van der Waals surface area contributed by atoms with Crippen molar-refractivity contribution in [2.24, 2.45) is 0 Å². The fraction of sp³-hybridized carbons (Fsp3) is 0.346. The lowest BCUT2D eigenvalue weighted by atomic mass is 10.0. The topological polar surface area (TPSA) is 77.2 Å². The van der Waals surface area contributed by atoms with E-state index in [9.17, 15) is 4.79 Å². The van der Waals surface area contributed by atoms with Gasteiger partial charge < -0.3 is 20.1 Å². The van der Waals surface area contributed by atoms with Crippen LogP contribution < -0.4 is 5.32 Å². The van der Waals surface area contributed by atoms with Crippen molar-refractivity contribution >= 4 is 55.4 Å². The van der Waals surface area contributed by atoms with Gasteiger partial charge in [0.2, 0.25) is 5.91 Å². The number of likely N-dealkylation sites (tertiary alicyclic amines) is 1. The summed E-state index contributed by atoms with van der Waals surface area (Å²) in [6.07, 6.45) is 8.03. The van der Waals surface area contributed by atoms with E-state index in [4.69, 9.17) is 0 Å². The number of aromatic nitrogens is 3. The third kappa shape index (κ3) is 4.31. The molecule has 2 aliphatic heterocycles. The summed E-state index contributed by atoms with van der Waals surface area (Å²) in [4.78, 5) is 29.4. The van der Waals surface area contributed by atoms with E-state index in [1.807, 2.05) is 28.7 Å². The lowest BCUT2D eigenvalue weighted by Crippen LogP contribution is -2.36. The standard InChI is InChI=1S/C26H28N6OS/c33-25(8-12-31-10-1-2-11-31)32-13-6-18(7-14-32)23-16-20-21(5-9-27-26(20)30-23)29-19-3-4-22-24(15-19)34-17-28-22/h3-6,9,15-17H,1-2,7-8,10-14H2,(H2,27,29,30). The lowest BCUT2D eigenvalue weighted by Gasteiger charge is -2.27. The van der Waals surface area contributed by atoms with Crippen molar-refractivity contribution in [3.63, 3.8) is 0 Å². The number of pyridine rings is 1. The first-order chi connectivity index (χ1) is 16.7. The molecule has 1 amide bonds. The number of thiazole rings is 1. The zero-order chi connectivity index (χ0) is 22.9. The summed E-state index contributed by atoms with van der Waals surface area (Å²) < 4.78 is 1.16. The van der Waals surface area contributed by atoms with Gasteiger partial charge in [0, 0.05) is 49.0 Å². The van der Waals surface area contributed by atoms with Gasteiger partial charge in [-0.25, -0.2) is 9.97 Å². The number of aromatic amines is 1. The molecule has 1 saturated heterocycles. The van der Waals surface area contributed by atoms with Crippen LogP contribution in [0.2, 0.25) is 0 Å². The fourth-order valence-corrected chi connectivity index (χ4v) is 5.67. The number of nitrogens with one attached hydrogen (secondary N) is 2. The van der Waals surface area contributed by atoms with E-state index < -0.39 is 0 Å². The van der Waals surface area contributed by atoms with Gasteiger partial charge in [-0.2, -0.15) is 0 Å². The van der Waals surface area contributed by atoms with Crippen molar-refractivity contribution in [1.82, 2.24) is 24.8 Å². The average molecular weight is 473 g/mol. The van der Waals surface area contributed by atoms with Crippen LogP contribution >= 0.6 is 11.3 Å². The van der Waals surface area contributed by atoms with Crippen LogP contribution in [-0.4, -0.2) is 63.4 Å². The average Bonchev–Trinajstić information content (AvgIpc) is 3.63. The second-order valence-electron chi connectivity index (χ2n) is 9.08. The molecular formula is C26H28N6OS. The lowest BCUT2D eigenvalue weighted by molar-refractivity contribution is -0.131. The number of rotatable bonds is 6. The second-order valence-corrected chi connectivity index (χ2v) is 9.97. The number of carbonyl (C=O) groups is 1. The van der Waals surface area contributed by atoms with Crippen LogP contribution in [0.15, 0.2) is 48.1 Å². The van der Waals surface area contributed by atoms with E-state index in [0.29, 0.717) is 13.0 Å². The van der Waals surface area contributed by atoms with Crippen molar-refractivity contribution < 1.29 is 4.79 Å². The molecule has 4 aromatic rings. The van der Waals surface area contributed by atoms with E-state index in [-0.39, 0.29) is 5.91 Å². The Kier molecular flexibility index (Phi) is 5.76. The Hall–Kier alpha value is -3.23. The molecule has 1 aromatic carbocycles. The van der Waals surface area contributed by atoms with E-state index in [1.54, 1.807) is 11.3 Å². The molecule has 5 heterocycles. The summed E-state index contributed by atoms with van der Waals surface area (Å²) in [6.45, 7) is 4.63. The van der Waals surface area contributed by atoms with Crippen LogP contribution in [0.25, 0.3) is 26.8 Å². The summed E-state index contributed by atoms with van der Waals surface area (Å²) in [5.74, 6) is 0.268. The normalized spacial score (nSPS) is 16.9. The molecule has 7 nitrogen and oxygen atoms in total. The van der Waals surface area contributed by atoms with Crippen LogP contribution in [0.1, 0.15) is 31.4 Å². The van der Waals surface area contributed by atoms with Gasteiger partial charge in [0.05, 0.1) is 21.4 Å². The van der Waals surface area contributed by atoms with Crippen LogP contribution in [0.3, 0.4) is 0 Å². The largest absolute Gasteiger partial charge is 0.355 e. The van der Waals surface area contributed by atoms with Gasteiger partial charge >= 0.3 is 0 Å². The van der Waals surface area contributed by atoms with Crippen LogP contribution in [0.5, 0.6) is 0 Å². The number of hydrogen-bond donors (Lipinski definition) is 2. The van der Waals surface area contributed by atoms with E-state index in [0.717, 1.165) is 70.9 Å². The zero-order valence-corrected chi connectivity index (χ0v) is 19.9. The fourth-order valence-electron chi connectivity index (χ4n) is 4.96. The molecule has 2 N–H and O–H groups in total. The van der Waals surface area contributed by atoms with Gasteiger partial charge in [-0.05, 0) is 68.3 Å². The molecule has 0 aliphatic carbocycles. The minimum atomic E-state index is 0.268. The monoisotopic (exact) mass is 472 g/mol. The van der Waals surface area contributed by atoms with Gasteiger partial charge in [-0.15, -0.1) is 11.3 Å². The Balaban J connectivity index is 1.16. The zero-order valence-electron chi connectivity index (χ0n) is 19.1. The summed E-state index contributed by atoms with van der Waals surface area (Å²) in [5, 5.41) is 4.61. The maximum Gasteiger partial charge on any atom is 0.224 e. The third-order valence-corrected chi connectivity index (χ3v) is 7.68. The Morgan fingerprint density at radius 2 is 2.03 bits per heavy atom. The van der Waals surface area contributed by atoms with Crippen molar-refractivity contribution in [2.75, 3.05) is 38.0 Å². The molecule has 34 heavy (non-hydrogen) atoms. The molecule has 174 valence electrons. The molecule has 3 aromatic heterocycles. The number of benzene rings is 1. The molecule has 0 bridgehead atoms. The number of hydrogen-bond acceptors (Lipinski definition) is 6. The van der Waals surface area contributed by atoms with E-state index in [2.05, 4.69) is 49.4 Å². The van der Waals surface area contributed by atoms with E-state index in [1.165, 1.54) is 18.4 Å². The molecule has 0 unspecified atom stereocenters. The van der Waals surface area contributed by atoms with Crippen molar-refractivity contribution in [3.8, 4) is 0 Å². The molecule has 0 spiro atoms. The number of H-pyrrole nitrogens is 1. The smallest absolute Gasteiger partial charge is 0.224 e. The van der Waals surface area contributed by atoms with Gasteiger partial charge in [0.15, 0.2) is 0 Å². The summed E-state index contributed by atoms with van der Waals surface area (Å²) in [5.41, 5.74) is 8.14. The Labute approximate surface area is 202 Å². The molecule has 0 atom stereocenters. The molecule has 6 rings (SSSR count). The number of anilines is 2. The summed E-state index contributed by atoms with van der Waals surface area (Å²) in [7, 11) is 0. The van der Waals surface area contributed by atoms with Crippen LogP contribution in [0.4, 0.5) is 11.4 Å². The van der Waals surface area contributed by atoms with Gasteiger partial charge in [-0.1, -0.05) is 6.08 Å².